The molecule has 1 aromatic carbocycles. The molecule has 6 heteroatoms. The van der Waals surface area contributed by atoms with Gasteiger partial charge in [0, 0.05) is 5.56 Å². The van der Waals surface area contributed by atoms with Crippen LogP contribution < -0.4 is 10.1 Å². The van der Waals surface area contributed by atoms with Crippen molar-refractivity contribution in [3.8, 4) is 17.1 Å². The first-order valence-electron chi connectivity index (χ1n) is 6.15. The van der Waals surface area contributed by atoms with E-state index in [0.29, 0.717) is 15.7 Å². The number of carbonyl (C=O) groups is 1. The number of hydrogen-bond acceptors (Lipinski definition) is 5. The number of ether oxygens (including phenoxy) is 1. The van der Waals surface area contributed by atoms with Gasteiger partial charge in [-0.15, -0.1) is 0 Å². The molecule has 2 heterocycles. The Labute approximate surface area is 131 Å². The van der Waals surface area contributed by atoms with Crippen LogP contribution in [0.15, 0.2) is 45.7 Å². The fourth-order valence-corrected chi connectivity index (χ4v) is 2.90. The lowest BCUT2D eigenvalue weighted by Gasteiger charge is -2.00. The second-order valence-corrected chi connectivity index (χ2v) is 5.71. The Hall–Kier alpha value is -2.05. The molecule has 1 aliphatic rings. The standard InChI is InChI=1S/C15H11NO3S2/c1-18-10-4-2-9(3-5-10)12-7-6-11(19-12)8-13-14(20)16-15(17)21-13/h2-8H,1H3,(H,16,17,20)/b13-8+. The summed E-state index contributed by atoms with van der Waals surface area (Å²) in [7, 11) is 1.63. The summed E-state index contributed by atoms with van der Waals surface area (Å²) in [4.78, 5) is 12.4. The third kappa shape index (κ3) is 3.01. The van der Waals surface area contributed by atoms with Gasteiger partial charge in [-0.1, -0.05) is 12.2 Å². The van der Waals surface area contributed by atoms with Gasteiger partial charge in [0.25, 0.3) is 5.24 Å². The molecule has 0 saturated carbocycles. The monoisotopic (exact) mass is 317 g/mol. The predicted octanol–water partition coefficient (Wildman–Crippen LogP) is 4.08. The molecule has 0 aliphatic carbocycles. The maximum absolute atomic E-state index is 11.2. The molecule has 0 atom stereocenters. The first-order valence-corrected chi connectivity index (χ1v) is 7.37. The van der Waals surface area contributed by atoms with Crippen LogP contribution >= 0.6 is 24.0 Å². The van der Waals surface area contributed by atoms with Crippen molar-refractivity contribution >= 4 is 40.3 Å². The highest BCUT2D eigenvalue weighted by Crippen LogP contribution is 2.29. The van der Waals surface area contributed by atoms with Crippen LogP contribution in [0.4, 0.5) is 4.79 Å². The van der Waals surface area contributed by atoms with E-state index in [4.69, 9.17) is 21.4 Å². The maximum atomic E-state index is 11.2. The van der Waals surface area contributed by atoms with Gasteiger partial charge in [-0.25, -0.2) is 0 Å². The number of methoxy groups -OCH3 is 1. The van der Waals surface area contributed by atoms with Crippen LogP contribution in [0, 0.1) is 0 Å². The summed E-state index contributed by atoms with van der Waals surface area (Å²) < 4.78 is 10.9. The van der Waals surface area contributed by atoms with E-state index in [2.05, 4.69) is 5.32 Å². The lowest BCUT2D eigenvalue weighted by Crippen LogP contribution is -2.15. The summed E-state index contributed by atoms with van der Waals surface area (Å²) in [6.07, 6.45) is 1.76. The van der Waals surface area contributed by atoms with E-state index in [0.717, 1.165) is 28.8 Å². The number of furan rings is 1. The zero-order chi connectivity index (χ0) is 14.8. The predicted molar refractivity (Wildman–Crippen MR) is 87.4 cm³/mol. The number of thiocarbonyl (C=S) groups is 1. The summed E-state index contributed by atoms with van der Waals surface area (Å²) in [6, 6.07) is 11.3. The average molecular weight is 317 g/mol. The molecule has 1 aromatic heterocycles. The van der Waals surface area contributed by atoms with Crippen molar-refractivity contribution in [2.24, 2.45) is 0 Å². The molecule has 2 aromatic rings. The third-order valence-corrected chi connectivity index (χ3v) is 4.20. The highest BCUT2D eigenvalue weighted by molar-refractivity contribution is 8.19. The highest BCUT2D eigenvalue weighted by Gasteiger charge is 2.21. The van der Waals surface area contributed by atoms with Crippen LogP contribution in [0.25, 0.3) is 17.4 Å². The van der Waals surface area contributed by atoms with E-state index < -0.39 is 0 Å². The molecule has 106 valence electrons. The second kappa shape index (κ2) is 5.75. The van der Waals surface area contributed by atoms with E-state index in [-0.39, 0.29) is 5.24 Å². The average Bonchev–Trinajstić information content (AvgIpc) is 3.07. The molecular formula is C15H11NO3S2. The Kier molecular flexibility index (Phi) is 3.81. The van der Waals surface area contributed by atoms with Crippen LogP contribution in [0.3, 0.4) is 0 Å². The SMILES string of the molecule is COc1ccc(-c2ccc(/C=C3/SC(=O)NC3=S)o2)cc1. The van der Waals surface area contributed by atoms with Crippen molar-refractivity contribution in [1.82, 2.24) is 5.32 Å². The van der Waals surface area contributed by atoms with Gasteiger partial charge in [0.05, 0.1) is 12.0 Å². The van der Waals surface area contributed by atoms with Gasteiger partial charge >= 0.3 is 0 Å². The molecule has 1 saturated heterocycles. The lowest BCUT2D eigenvalue weighted by atomic mass is 10.2. The molecule has 4 nitrogen and oxygen atoms in total. The van der Waals surface area contributed by atoms with Gasteiger partial charge in [-0.05, 0) is 54.2 Å². The third-order valence-electron chi connectivity index (χ3n) is 2.92. The minimum absolute atomic E-state index is 0.159. The molecule has 0 radical (unpaired) electrons. The largest absolute Gasteiger partial charge is 0.497 e. The molecule has 1 N–H and O–H groups in total. The van der Waals surface area contributed by atoms with Crippen LogP contribution in [0.2, 0.25) is 0 Å². The van der Waals surface area contributed by atoms with E-state index >= 15 is 0 Å². The first kappa shape index (κ1) is 13.9. The molecule has 3 rings (SSSR count). The van der Waals surface area contributed by atoms with E-state index in [1.165, 1.54) is 0 Å². The quantitative estimate of drug-likeness (QED) is 0.683. The highest BCUT2D eigenvalue weighted by atomic mass is 32.2. The maximum Gasteiger partial charge on any atom is 0.289 e. The lowest BCUT2D eigenvalue weighted by molar-refractivity contribution is 0.265. The molecule has 1 fully saturated rings. The number of thioether (sulfide) groups is 1. The summed E-state index contributed by atoms with van der Waals surface area (Å²) >= 11 is 6.14. The summed E-state index contributed by atoms with van der Waals surface area (Å²) in [5, 5.41) is 2.41. The van der Waals surface area contributed by atoms with E-state index in [1.54, 1.807) is 13.2 Å². The van der Waals surface area contributed by atoms with Crippen LogP contribution in [-0.2, 0) is 0 Å². The zero-order valence-electron chi connectivity index (χ0n) is 11.1. The Morgan fingerprint density at radius 1 is 1.24 bits per heavy atom. The van der Waals surface area contributed by atoms with Gasteiger partial charge in [0.15, 0.2) is 0 Å². The summed E-state index contributed by atoms with van der Waals surface area (Å²) in [5.74, 6) is 2.20. The van der Waals surface area contributed by atoms with Gasteiger partial charge in [-0.3, -0.25) is 4.79 Å². The van der Waals surface area contributed by atoms with Crippen molar-refractivity contribution in [3.05, 3.63) is 47.1 Å². The van der Waals surface area contributed by atoms with Gasteiger partial charge < -0.3 is 14.5 Å². The fourth-order valence-electron chi connectivity index (χ4n) is 1.89. The minimum atomic E-state index is -0.159. The Bertz CT molecular complexity index is 732. The number of carbonyl (C=O) groups excluding carboxylic acids is 1. The van der Waals surface area contributed by atoms with Crippen molar-refractivity contribution < 1.29 is 13.9 Å². The molecule has 1 aliphatic heterocycles. The second-order valence-electron chi connectivity index (χ2n) is 4.28. The Balaban J connectivity index is 1.84. The van der Waals surface area contributed by atoms with Crippen molar-refractivity contribution in [2.75, 3.05) is 7.11 Å². The van der Waals surface area contributed by atoms with Gasteiger partial charge in [-0.2, -0.15) is 0 Å². The van der Waals surface area contributed by atoms with E-state index in [9.17, 15) is 4.79 Å². The Morgan fingerprint density at radius 2 is 2.00 bits per heavy atom. The number of hydrogen-bond donors (Lipinski definition) is 1. The van der Waals surface area contributed by atoms with E-state index in [1.807, 2.05) is 36.4 Å². The smallest absolute Gasteiger partial charge is 0.289 e. The molecule has 1 amide bonds. The molecular weight excluding hydrogens is 306 g/mol. The van der Waals surface area contributed by atoms with Gasteiger partial charge in [0.1, 0.15) is 22.3 Å². The van der Waals surface area contributed by atoms with Gasteiger partial charge in [0.2, 0.25) is 0 Å². The van der Waals surface area contributed by atoms with Crippen molar-refractivity contribution in [1.29, 1.82) is 0 Å². The number of nitrogens with one attached hydrogen (secondary N) is 1. The zero-order valence-corrected chi connectivity index (χ0v) is 12.7. The number of rotatable bonds is 3. The molecule has 0 spiro atoms. The fraction of sp³-hybridized carbons (Fsp3) is 0.0667. The van der Waals surface area contributed by atoms with Crippen molar-refractivity contribution in [2.45, 2.75) is 0 Å². The van der Waals surface area contributed by atoms with Crippen LogP contribution in [0.1, 0.15) is 5.76 Å². The number of benzene rings is 1. The molecule has 0 unspecified atom stereocenters. The minimum Gasteiger partial charge on any atom is -0.497 e. The van der Waals surface area contributed by atoms with Crippen LogP contribution in [-0.4, -0.2) is 17.3 Å². The summed E-state index contributed by atoms with van der Waals surface area (Å²) in [6.45, 7) is 0. The Morgan fingerprint density at radius 3 is 2.62 bits per heavy atom. The first-order chi connectivity index (χ1) is 10.2. The number of amides is 1. The topological polar surface area (TPSA) is 51.5 Å². The normalized spacial score (nSPS) is 16.3. The molecule has 21 heavy (non-hydrogen) atoms. The molecule has 0 bridgehead atoms. The summed E-state index contributed by atoms with van der Waals surface area (Å²) in [5.41, 5.74) is 0.955. The van der Waals surface area contributed by atoms with Crippen molar-refractivity contribution in [3.63, 3.8) is 0 Å². The van der Waals surface area contributed by atoms with Crippen LogP contribution in [0.5, 0.6) is 5.75 Å².